The molecule has 0 fully saturated rings. The van der Waals surface area contributed by atoms with Gasteiger partial charge in [0.2, 0.25) is 0 Å². The number of fused-ring (bicyclic) bond motifs is 1. The Kier molecular flexibility index (Phi) is 1.53. The van der Waals surface area contributed by atoms with Crippen LogP contribution in [0.3, 0.4) is 0 Å². The van der Waals surface area contributed by atoms with E-state index in [-0.39, 0.29) is 5.56 Å². The Morgan fingerprint density at radius 3 is 3.18 bits per heavy atom. The molecule has 2 nitrogen and oxygen atoms in total. The predicted octanol–water partition coefficient (Wildman–Crippen LogP) is 1.34. The highest BCUT2D eigenvalue weighted by Crippen LogP contribution is 2.29. The molecule has 2 rings (SSSR count). The first-order valence-electron chi connectivity index (χ1n) is 3.64. The first kappa shape index (κ1) is 6.98. The molecule has 1 aliphatic rings. The Morgan fingerprint density at radius 1 is 1.64 bits per heavy atom. The highest BCUT2D eigenvalue weighted by atomic mass is 32.2. The second-order valence-electron chi connectivity index (χ2n) is 2.74. The van der Waals surface area contributed by atoms with Gasteiger partial charge in [0.1, 0.15) is 0 Å². The van der Waals surface area contributed by atoms with Gasteiger partial charge in [0.05, 0.1) is 5.03 Å². The molecule has 11 heavy (non-hydrogen) atoms. The van der Waals surface area contributed by atoms with Crippen molar-refractivity contribution in [3.05, 3.63) is 28.6 Å². The first-order valence-corrected chi connectivity index (χ1v) is 4.52. The highest BCUT2D eigenvalue weighted by Gasteiger charge is 2.17. The van der Waals surface area contributed by atoms with Gasteiger partial charge in [-0.15, -0.1) is 11.8 Å². The lowest BCUT2D eigenvalue weighted by molar-refractivity contribution is 0.646. The van der Waals surface area contributed by atoms with E-state index in [0.717, 1.165) is 11.6 Å². The monoisotopic (exact) mass is 167 g/mol. The molecule has 0 aliphatic carbocycles. The molecule has 1 aromatic heterocycles. The van der Waals surface area contributed by atoms with E-state index in [2.05, 4.69) is 6.92 Å². The summed E-state index contributed by atoms with van der Waals surface area (Å²) >= 11 is 1.77. The molecule has 3 heteroatoms. The van der Waals surface area contributed by atoms with E-state index in [9.17, 15) is 4.79 Å². The fraction of sp³-hybridized carbons (Fsp3) is 0.375. The SMILES string of the molecule is CC1Cn2c(cccc2=O)S1. The third-order valence-electron chi connectivity index (χ3n) is 1.77. The minimum Gasteiger partial charge on any atom is -0.302 e. The summed E-state index contributed by atoms with van der Waals surface area (Å²) in [7, 11) is 0. The van der Waals surface area contributed by atoms with Gasteiger partial charge >= 0.3 is 0 Å². The second kappa shape index (κ2) is 2.41. The van der Waals surface area contributed by atoms with Gasteiger partial charge in [0.15, 0.2) is 0 Å². The largest absolute Gasteiger partial charge is 0.302 e. The Morgan fingerprint density at radius 2 is 2.45 bits per heavy atom. The van der Waals surface area contributed by atoms with Crippen molar-refractivity contribution < 1.29 is 0 Å². The van der Waals surface area contributed by atoms with Gasteiger partial charge in [0, 0.05) is 17.9 Å². The van der Waals surface area contributed by atoms with E-state index in [1.807, 2.05) is 16.7 Å². The van der Waals surface area contributed by atoms with E-state index >= 15 is 0 Å². The molecule has 2 heterocycles. The molecule has 58 valence electrons. The zero-order valence-electron chi connectivity index (χ0n) is 6.28. The maximum atomic E-state index is 11.2. The molecule has 1 aromatic rings. The van der Waals surface area contributed by atoms with Crippen molar-refractivity contribution in [1.82, 2.24) is 4.57 Å². The minimum atomic E-state index is 0.124. The highest BCUT2D eigenvalue weighted by molar-refractivity contribution is 8.00. The normalized spacial score (nSPS) is 21.7. The smallest absolute Gasteiger partial charge is 0.251 e. The third-order valence-corrected chi connectivity index (χ3v) is 2.92. The van der Waals surface area contributed by atoms with Crippen molar-refractivity contribution >= 4 is 11.8 Å². The molecular weight excluding hydrogens is 158 g/mol. The van der Waals surface area contributed by atoms with Gasteiger partial charge in [-0.2, -0.15) is 0 Å². The second-order valence-corrected chi connectivity index (χ2v) is 4.20. The average molecular weight is 167 g/mol. The summed E-state index contributed by atoms with van der Waals surface area (Å²) in [5, 5.41) is 1.65. The number of pyridine rings is 1. The van der Waals surface area contributed by atoms with Crippen molar-refractivity contribution in [2.75, 3.05) is 0 Å². The Labute approximate surface area is 69.2 Å². The summed E-state index contributed by atoms with van der Waals surface area (Å²) in [6.07, 6.45) is 0. The molecule has 0 spiro atoms. The summed E-state index contributed by atoms with van der Waals surface area (Å²) in [6.45, 7) is 3.00. The summed E-state index contributed by atoms with van der Waals surface area (Å²) in [4.78, 5) is 11.2. The summed E-state index contributed by atoms with van der Waals surface area (Å²) in [6, 6.07) is 5.43. The van der Waals surface area contributed by atoms with Crippen LogP contribution in [0.25, 0.3) is 0 Å². The van der Waals surface area contributed by atoms with Crippen LogP contribution in [0.15, 0.2) is 28.0 Å². The van der Waals surface area contributed by atoms with Gasteiger partial charge in [-0.25, -0.2) is 0 Å². The number of hydrogen-bond acceptors (Lipinski definition) is 2. The molecule has 1 unspecified atom stereocenters. The van der Waals surface area contributed by atoms with Crippen LogP contribution in [-0.4, -0.2) is 9.82 Å². The molecule has 0 radical (unpaired) electrons. The molecular formula is C8H9NOS. The molecule has 0 saturated heterocycles. The Hall–Kier alpha value is -0.700. The van der Waals surface area contributed by atoms with Crippen LogP contribution in [0.1, 0.15) is 6.92 Å². The fourth-order valence-corrected chi connectivity index (χ4v) is 2.37. The van der Waals surface area contributed by atoms with Crippen molar-refractivity contribution in [2.24, 2.45) is 0 Å². The molecule has 0 bridgehead atoms. The zero-order chi connectivity index (χ0) is 7.84. The van der Waals surface area contributed by atoms with Crippen LogP contribution in [0.5, 0.6) is 0 Å². The first-order chi connectivity index (χ1) is 5.27. The maximum absolute atomic E-state index is 11.2. The van der Waals surface area contributed by atoms with Gasteiger partial charge in [-0.05, 0) is 6.07 Å². The van der Waals surface area contributed by atoms with E-state index in [0.29, 0.717) is 5.25 Å². The van der Waals surface area contributed by atoms with Crippen molar-refractivity contribution in [3.8, 4) is 0 Å². The lowest BCUT2D eigenvalue weighted by Crippen LogP contribution is -2.18. The minimum absolute atomic E-state index is 0.124. The summed E-state index contributed by atoms with van der Waals surface area (Å²) in [5.74, 6) is 0. The van der Waals surface area contributed by atoms with E-state index in [1.165, 1.54) is 0 Å². The Bertz CT molecular complexity index is 331. The van der Waals surface area contributed by atoms with Gasteiger partial charge in [-0.1, -0.05) is 13.0 Å². The number of hydrogen-bond donors (Lipinski definition) is 0. The number of nitrogens with zero attached hydrogens (tertiary/aromatic N) is 1. The molecule has 0 saturated carbocycles. The van der Waals surface area contributed by atoms with E-state index in [1.54, 1.807) is 17.8 Å². The Balaban J connectivity index is 2.58. The predicted molar refractivity (Wildman–Crippen MR) is 46.0 cm³/mol. The molecule has 1 aliphatic heterocycles. The lowest BCUT2D eigenvalue weighted by Gasteiger charge is -1.97. The standard InChI is InChI=1S/C8H9NOS/c1-6-5-9-7(10)3-2-4-8(9)11-6/h2-4,6H,5H2,1H3. The number of aromatic nitrogens is 1. The number of thioether (sulfide) groups is 1. The van der Waals surface area contributed by atoms with Crippen LogP contribution >= 0.6 is 11.8 Å². The van der Waals surface area contributed by atoms with Gasteiger partial charge in [0.25, 0.3) is 5.56 Å². The van der Waals surface area contributed by atoms with Crippen molar-refractivity contribution in [3.63, 3.8) is 0 Å². The van der Waals surface area contributed by atoms with Crippen LogP contribution in [0.2, 0.25) is 0 Å². The van der Waals surface area contributed by atoms with Crippen LogP contribution in [-0.2, 0) is 6.54 Å². The van der Waals surface area contributed by atoms with Crippen LogP contribution in [0, 0.1) is 0 Å². The summed E-state index contributed by atoms with van der Waals surface area (Å²) < 4.78 is 1.83. The van der Waals surface area contributed by atoms with E-state index < -0.39 is 0 Å². The molecule has 1 atom stereocenters. The number of rotatable bonds is 0. The topological polar surface area (TPSA) is 22.0 Å². The van der Waals surface area contributed by atoms with Crippen molar-refractivity contribution in [2.45, 2.75) is 23.7 Å². The van der Waals surface area contributed by atoms with Gasteiger partial charge < -0.3 is 4.57 Å². The molecule has 0 N–H and O–H groups in total. The molecule has 0 aromatic carbocycles. The zero-order valence-corrected chi connectivity index (χ0v) is 7.10. The third kappa shape index (κ3) is 1.09. The lowest BCUT2D eigenvalue weighted by atomic mass is 10.4. The van der Waals surface area contributed by atoms with E-state index in [4.69, 9.17) is 0 Å². The maximum Gasteiger partial charge on any atom is 0.251 e. The van der Waals surface area contributed by atoms with Crippen LogP contribution < -0.4 is 5.56 Å². The molecule has 0 amide bonds. The summed E-state index contributed by atoms with van der Waals surface area (Å²) in [5.41, 5.74) is 0.124. The van der Waals surface area contributed by atoms with Crippen LogP contribution in [0.4, 0.5) is 0 Å². The van der Waals surface area contributed by atoms with Gasteiger partial charge in [-0.3, -0.25) is 4.79 Å². The quantitative estimate of drug-likeness (QED) is 0.581. The fourth-order valence-electron chi connectivity index (χ4n) is 1.28. The average Bonchev–Trinajstić information content (AvgIpc) is 2.31. The van der Waals surface area contributed by atoms with Crippen molar-refractivity contribution in [1.29, 1.82) is 0 Å².